The number of hydrogen-bond acceptors (Lipinski definition) is 3. The van der Waals surface area contributed by atoms with E-state index in [0.29, 0.717) is 0 Å². The van der Waals surface area contributed by atoms with E-state index in [1.165, 1.54) is 6.20 Å². The molecule has 0 saturated heterocycles. The van der Waals surface area contributed by atoms with Crippen molar-refractivity contribution in [2.75, 3.05) is 5.73 Å². The predicted octanol–water partition coefficient (Wildman–Crippen LogP) is 2.04. The molecule has 0 saturated carbocycles. The topological polar surface area (TPSA) is 59.1 Å². The van der Waals surface area contributed by atoms with Crippen molar-refractivity contribution in [1.82, 2.24) is 4.98 Å². The molecule has 0 amide bonds. The molecular formula is C11H10N2O. The maximum Gasteiger partial charge on any atom is 0.134 e. The van der Waals surface area contributed by atoms with Gasteiger partial charge in [-0.3, -0.25) is 4.98 Å². The molecule has 0 unspecified atom stereocenters. The lowest BCUT2D eigenvalue weighted by molar-refractivity contribution is 0.473. The standard InChI is InChI=1S/C11H10N2O/c12-10-3-1-8(2-4-10)9-5-11(14)7-13-6-9/h1-7,14H,12H2. The molecule has 0 aliphatic carbocycles. The van der Waals surface area contributed by atoms with Gasteiger partial charge in [-0.2, -0.15) is 0 Å². The van der Waals surface area contributed by atoms with Crippen LogP contribution in [0.1, 0.15) is 0 Å². The number of nitrogens with zero attached hydrogens (tertiary/aromatic N) is 1. The Morgan fingerprint density at radius 3 is 2.36 bits per heavy atom. The van der Waals surface area contributed by atoms with Crippen LogP contribution in [0.3, 0.4) is 0 Å². The minimum absolute atomic E-state index is 0.166. The van der Waals surface area contributed by atoms with Crippen LogP contribution in [0.15, 0.2) is 42.7 Å². The first-order chi connectivity index (χ1) is 6.75. The van der Waals surface area contributed by atoms with E-state index < -0.39 is 0 Å². The van der Waals surface area contributed by atoms with E-state index in [4.69, 9.17) is 5.73 Å². The van der Waals surface area contributed by atoms with Crippen molar-refractivity contribution in [1.29, 1.82) is 0 Å². The summed E-state index contributed by atoms with van der Waals surface area (Å²) in [5.41, 5.74) is 8.16. The van der Waals surface area contributed by atoms with Crippen LogP contribution in [0, 0.1) is 0 Å². The fraction of sp³-hybridized carbons (Fsp3) is 0. The molecule has 3 heteroatoms. The Hall–Kier alpha value is -2.03. The number of nitrogens with two attached hydrogens (primary N) is 1. The lowest BCUT2D eigenvalue weighted by Crippen LogP contribution is -1.84. The molecule has 0 aliphatic rings. The molecule has 70 valence electrons. The predicted molar refractivity (Wildman–Crippen MR) is 55.8 cm³/mol. The van der Waals surface area contributed by atoms with Gasteiger partial charge in [0.15, 0.2) is 0 Å². The van der Waals surface area contributed by atoms with Gasteiger partial charge in [0.25, 0.3) is 0 Å². The lowest BCUT2D eigenvalue weighted by atomic mass is 10.1. The van der Waals surface area contributed by atoms with E-state index in [0.717, 1.165) is 16.8 Å². The number of benzene rings is 1. The molecular weight excluding hydrogens is 176 g/mol. The van der Waals surface area contributed by atoms with Gasteiger partial charge >= 0.3 is 0 Å². The van der Waals surface area contributed by atoms with Gasteiger partial charge in [-0.1, -0.05) is 12.1 Å². The first-order valence-corrected chi connectivity index (χ1v) is 4.25. The van der Waals surface area contributed by atoms with Crippen LogP contribution in [0.4, 0.5) is 5.69 Å². The number of aromatic nitrogens is 1. The first kappa shape index (κ1) is 8.56. The first-order valence-electron chi connectivity index (χ1n) is 4.25. The van der Waals surface area contributed by atoms with Crippen LogP contribution in [0.25, 0.3) is 11.1 Å². The molecule has 0 spiro atoms. The van der Waals surface area contributed by atoms with Crippen molar-refractivity contribution in [3.05, 3.63) is 42.7 Å². The minimum Gasteiger partial charge on any atom is -0.506 e. The largest absolute Gasteiger partial charge is 0.506 e. The van der Waals surface area contributed by atoms with Gasteiger partial charge in [-0.05, 0) is 23.8 Å². The number of hydrogen-bond donors (Lipinski definition) is 2. The van der Waals surface area contributed by atoms with Crippen LogP contribution >= 0.6 is 0 Å². The summed E-state index contributed by atoms with van der Waals surface area (Å²) in [4.78, 5) is 3.90. The molecule has 0 aliphatic heterocycles. The fourth-order valence-corrected chi connectivity index (χ4v) is 1.26. The monoisotopic (exact) mass is 186 g/mol. The third-order valence-electron chi connectivity index (χ3n) is 1.97. The summed E-state index contributed by atoms with van der Waals surface area (Å²) in [5, 5.41) is 9.24. The van der Waals surface area contributed by atoms with Crippen LogP contribution in [-0.2, 0) is 0 Å². The number of pyridine rings is 1. The fourth-order valence-electron chi connectivity index (χ4n) is 1.26. The van der Waals surface area contributed by atoms with Crippen LogP contribution in [0.2, 0.25) is 0 Å². The Balaban J connectivity index is 2.44. The van der Waals surface area contributed by atoms with Gasteiger partial charge in [-0.25, -0.2) is 0 Å². The summed E-state index contributed by atoms with van der Waals surface area (Å²) in [6, 6.07) is 9.09. The number of nitrogen functional groups attached to an aromatic ring is 1. The van der Waals surface area contributed by atoms with Gasteiger partial charge in [0.1, 0.15) is 5.75 Å². The second-order valence-corrected chi connectivity index (χ2v) is 3.05. The molecule has 1 aromatic carbocycles. The van der Waals surface area contributed by atoms with E-state index in [1.807, 2.05) is 24.3 Å². The maximum atomic E-state index is 9.24. The van der Waals surface area contributed by atoms with E-state index >= 15 is 0 Å². The highest BCUT2D eigenvalue weighted by atomic mass is 16.3. The normalized spacial score (nSPS) is 10.0. The molecule has 2 rings (SSSR count). The van der Waals surface area contributed by atoms with Gasteiger partial charge in [0, 0.05) is 17.4 Å². The van der Waals surface area contributed by atoms with E-state index in [9.17, 15) is 5.11 Å². The average Bonchev–Trinajstić information content (AvgIpc) is 2.19. The SMILES string of the molecule is Nc1ccc(-c2cncc(O)c2)cc1. The number of aromatic hydroxyl groups is 1. The Bertz CT molecular complexity index is 437. The Kier molecular flexibility index (Phi) is 2.07. The highest BCUT2D eigenvalue weighted by Gasteiger charge is 1.98. The molecule has 0 fully saturated rings. The molecule has 2 aromatic rings. The molecule has 0 bridgehead atoms. The average molecular weight is 186 g/mol. The molecule has 0 radical (unpaired) electrons. The van der Waals surface area contributed by atoms with Gasteiger partial charge < -0.3 is 10.8 Å². The van der Waals surface area contributed by atoms with Gasteiger partial charge in [0.2, 0.25) is 0 Å². The van der Waals surface area contributed by atoms with Crippen LogP contribution in [-0.4, -0.2) is 10.1 Å². The van der Waals surface area contributed by atoms with Crippen molar-refractivity contribution < 1.29 is 5.11 Å². The van der Waals surface area contributed by atoms with E-state index in [-0.39, 0.29) is 5.75 Å². The Labute approximate surface area is 81.8 Å². The molecule has 3 N–H and O–H groups in total. The third-order valence-corrected chi connectivity index (χ3v) is 1.97. The molecule has 14 heavy (non-hydrogen) atoms. The molecule has 0 atom stereocenters. The van der Waals surface area contributed by atoms with Crippen molar-refractivity contribution in [2.24, 2.45) is 0 Å². The number of rotatable bonds is 1. The summed E-state index contributed by atoms with van der Waals surface area (Å²) >= 11 is 0. The quantitative estimate of drug-likeness (QED) is 0.670. The second-order valence-electron chi connectivity index (χ2n) is 3.05. The summed E-state index contributed by atoms with van der Waals surface area (Å²) in [6.07, 6.45) is 3.10. The smallest absolute Gasteiger partial charge is 0.134 e. The van der Waals surface area contributed by atoms with Crippen molar-refractivity contribution in [2.45, 2.75) is 0 Å². The zero-order valence-corrected chi connectivity index (χ0v) is 7.51. The van der Waals surface area contributed by atoms with Crippen LogP contribution < -0.4 is 5.73 Å². The van der Waals surface area contributed by atoms with Crippen molar-refractivity contribution >= 4 is 5.69 Å². The Morgan fingerprint density at radius 1 is 1.00 bits per heavy atom. The van der Waals surface area contributed by atoms with Crippen molar-refractivity contribution in [3.8, 4) is 16.9 Å². The van der Waals surface area contributed by atoms with E-state index in [2.05, 4.69) is 4.98 Å². The van der Waals surface area contributed by atoms with Gasteiger partial charge in [-0.15, -0.1) is 0 Å². The van der Waals surface area contributed by atoms with E-state index in [1.54, 1.807) is 12.3 Å². The highest BCUT2D eigenvalue weighted by molar-refractivity contribution is 5.65. The summed E-state index contributed by atoms with van der Waals surface area (Å²) in [5.74, 6) is 0.166. The summed E-state index contributed by atoms with van der Waals surface area (Å²) < 4.78 is 0. The second kappa shape index (κ2) is 3.38. The lowest BCUT2D eigenvalue weighted by Gasteiger charge is -2.01. The molecule has 1 heterocycles. The summed E-state index contributed by atoms with van der Waals surface area (Å²) in [7, 11) is 0. The zero-order valence-electron chi connectivity index (χ0n) is 7.51. The van der Waals surface area contributed by atoms with Crippen LogP contribution in [0.5, 0.6) is 5.75 Å². The number of anilines is 1. The van der Waals surface area contributed by atoms with Crippen molar-refractivity contribution in [3.63, 3.8) is 0 Å². The maximum absolute atomic E-state index is 9.24. The third kappa shape index (κ3) is 1.66. The zero-order chi connectivity index (χ0) is 9.97. The highest BCUT2D eigenvalue weighted by Crippen LogP contribution is 2.22. The molecule has 1 aromatic heterocycles. The minimum atomic E-state index is 0.166. The molecule has 3 nitrogen and oxygen atoms in total. The Morgan fingerprint density at radius 2 is 1.71 bits per heavy atom. The van der Waals surface area contributed by atoms with Gasteiger partial charge in [0.05, 0.1) is 6.20 Å². The summed E-state index contributed by atoms with van der Waals surface area (Å²) in [6.45, 7) is 0.